The molecule has 0 saturated carbocycles. The van der Waals surface area contributed by atoms with Crippen LogP contribution in [0.2, 0.25) is 0 Å². The monoisotopic (exact) mass is 527 g/mol. The summed E-state index contributed by atoms with van der Waals surface area (Å²) in [6, 6.07) is 6.98. The third kappa shape index (κ3) is 7.17. The van der Waals surface area contributed by atoms with Crippen molar-refractivity contribution in [2.24, 2.45) is 11.7 Å². The number of hydrogen-bond acceptors (Lipinski definition) is 6. The van der Waals surface area contributed by atoms with Crippen LogP contribution in [0.1, 0.15) is 39.2 Å². The van der Waals surface area contributed by atoms with Gasteiger partial charge in [-0.15, -0.1) is 0 Å². The minimum Gasteiger partial charge on any atom is -0.368 e. The molecule has 10 heteroatoms. The molecule has 9 nitrogen and oxygen atoms in total. The van der Waals surface area contributed by atoms with E-state index in [1.54, 1.807) is 25.3 Å². The van der Waals surface area contributed by atoms with Crippen molar-refractivity contribution in [3.63, 3.8) is 0 Å². The number of benzene rings is 1. The molecule has 1 saturated heterocycles. The summed E-state index contributed by atoms with van der Waals surface area (Å²) in [5.41, 5.74) is 8.69. The fraction of sp³-hybridized carbons (Fsp3) is 0.481. The smallest absolute Gasteiger partial charge is 0.246 e. The van der Waals surface area contributed by atoms with E-state index in [2.05, 4.69) is 21.3 Å². The topological polar surface area (TPSA) is 134 Å². The molecular formula is C27H37N5O4S. The van der Waals surface area contributed by atoms with Crippen molar-refractivity contribution in [2.45, 2.75) is 64.2 Å². The molecule has 0 bridgehead atoms. The zero-order valence-electron chi connectivity index (χ0n) is 21.8. The lowest BCUT2D eigenvalue weighted by Crippen LogP contribution is -2.58. The van der Waals surface area contributed by atoms with E-state index in [-0.39, 0.29) is 24.2 Å². The summed E-state index contributed by atoms with van der Waals surface area (Å²) in [4.78, 5) is 52.8. The summed E-state index contributed by atoms with van der Waals surface area (Å²) in [6.07, 6.45) is 1.38. The molecule has 37 heavy (non-hydrogen) atoms. The number of nitrogens with zero attached hydrogens (tertiary/aromatic N) is 1. The number of nitrogens with two attached hydrogens (primary N) is 1. The van der Waals surface area contributed by atoms with Gasteiger partial charge in [0.25, 0.3) is 0 Å². The molecule has 2 aromatic rings. The lowest BCUT2D eigenvalue weighted by Gasteiger charge is -2.31. The Balaban J connectivity index is 1.67. The predicted octanol–water partition coefficient (Wildman–Crippen LogP) is 1.67. The Morgan fingerprint density at radius 1 is 1.05 bits per heavy atom. The molecule has 3 rings (SSSR count). The highest BCUT2D eigenvalue weighted by molar-refractivity contribution is 7.08. The average molecular weight is 528 g/mol. The maximum atomic E-state index is 13.4. The first kappa shape index (κ1) is 28.3. The Morgan fingerprint density at radius 2 is 1.76 bits per heavy atom. The Labute approximate surface area is 222 Å². The molecule has 5 N–H and O–H groups in total. The summed E-state index contributed by atoms with van der Waals surface area (Å²) in [5, 5.41) is 12.5. The maximum absolute atomic E-state index is 13.4. The van der Waals surface area contributed by atoms with Gasteiger partial charge in [-0.05, 0) is 66.2 Å². The van der Waals surface area contributed by atoms with Crippen LogP contribution in [0.5, 0.6) is 0 Å². The van der Waals surface area contributed by atoms with Crippen LogP contribution in [0.4, 0.5) is 0 Å². The molecule has 200 valence electrons. The number of carbonyl (C=O) groups excluding carboxylic acids is 4. The second-order valence-corrected chi connectivity index (χ2v) is 10.6. The normalized spacial score (nSPS) is 17.8. The summed E-state index contributed by atoms with van der Waals surface area (Å²) in [6.45, 7) is 5.82. The van der Waals surface area contributed by atoms with E-state index in [1.165, 1.54) is 4.90 Å². The second kappa shape index (κ2) is 12.8. The van der Waals surface area contributed by atoms with Gasteiger partial charge in [0.05, 0.1) is 6.04 Å². The first-order valence-corrected chi connectivity index (χ1v) is 13.6. The van der Waals surface area contributed by atoms with Gasteiger partial charge in [-0.1, -0.05) is 38.1 Å². The highest BCUT2D eigenvalue weighted by Crippen LogP contribution is 2.23. The molecule has 1 aromatic carbocycles. The van der Waals surface area contributed by atoms with Gasteiger partial charge in [-0.25, -0.2) is 0 Å². The molecule has 1 fully saturated rings. The molecular weight excluding hydrogens is 490 g/mol. The summed E-state index contributed by atoms with van der Waals surface area (Å²) in [5.74, 6) is -1.81. The van der Waals surface area contributed by atoms with E-state index < -0.39 is 36.0 Å². The number of hydrogen-bond donors (Lipinski definition) is 4. The van der Waals surface area contributed by atoms with Crippen molar-refractivity contribution < 1.29 is 19.2 Å². The Kier molecular flexibility index (Phi) is 9.82. The van der Waals surface area contributed by atoms with Crippen LogP contribution in [-0.4, -0.2) is 66.3 Å². The lowest BCUT2D eigenvalue weighted by atomic mass is 10.0. The lowest BCUT2D eigenvalue weighted by molar-refractivity contribution is -0.143. The first-order chi connectivity index (χ1) is 17.6. The van der Waals surface area contributed by atoms with Gasteiger partial charge < -0.3 is 26.6 Å². The van der Waals surface area contributed by atoms with Gasteiger partial charge in [-0.2, -0.15) is 11.3 Å². The summed E-state index contributed by atoms with van der Waals surface area (Å²) >= 11 is 1.62. The van der Waals surface area contributed by atoms with Crippen LogP contribution in [0.3, 0.4) is 0 Å². The summed E-state index contributed by atoms with van der Waals surface area (Å²) < 4.78 is 0. The van der Waals surface area contributed by atoms with E-state index in [0.717, 1.165) is 16.7 Å². The van der Waals surface area contributed by atoms with Crippen LogP contribution < -0.4 is 21.7 Å². The number of rotatable bonds is 11. The van der Waals surface area contributed by atoms with E-state index in [1.807, 2.05) is 49.6 Å². The van der Waals surface area contributed by atoms with Crippen molar-refractivity contribution >= 4 is 35.0 Å². The molecule has 1 aromatic heterocycles. The number of primary amides is 1. The van der Waals surface area contributed by atoms with Crippen LogP contribution in [0.15, 0.2) is 41.1 Å². The van der Waals surface area contributed by atoms with Crippen molar-refractivity contribution in [1.29, 1.82) is 0 Å². The van der Waals surface area contributed by atoms with Crippen molar-refractivity contribution in [3.05, 3.63) is 46.7 Å². The quantitative estimate of drug-likeness (QED) is 0.353. The molecule has 4 atom stereocenters. The zero-order chi connectivity index (χ0) is 27.1. The largest absolute Gasteiger partial charge is 0.368 e. The molecule has 4 amide bonds. The number of amides is 4. The van der Waals surface area contributed by atoms with Crippen LogP contribution in [0.25, 0.3) is 11.1 Å². The van der Waals surface area contributed by atoms with Crippen LogP contribution in [-0.2, 0) is 25.6 Å². The van der Waals surface area contributed by atoms with E-state index in [9.17, 15) is 19.2 Å². The minimum atomic E-state index is -0.908. The van der Waals surface area contributed by atoms with Gasteiger partial charge in [0.1, 0.15) is 18.1 Å². The minimum absolute atomic E-state index is 0.166. The molecule has 1 aliphatic rings. The van der Waals surface area contributed by atoms with Gasteiger partial charge in [-0.3, -0.25) is 19.2 Å². The van der Waals surface area contributed by atoms with Crippen molar-refractivity contribution in [3.8, 4) is 11.1 Å². The van der Waals surface area contributed by atoms with Gasteiger partial charge >= 0.3 is 0 Å². The maximum Gasteiger partial charge on any atom is 0.246 e. The number of thiophene rings is 1. The van der Waals surface area contributed by atoms with E-state index >= 15 is 0 Å². The standard InChI is InChI=1S/C27H37N5O4S/c1-16(2)23(31-25(34)17(3)29-4)27(36)32-12-5-6-22(32)26(35)30-21(24(28)33)14-18-7-9-19(10-8-18)20-11-13-37-15-20/h7-11,13,15-17,21-23,29H,5-6,12,14H2,1-4H3,(H2,28,33)(H,30,35)(H,31,34)/t17-,21-,22-,23-/m0/s1. The molecule has 0 unspecified atom stereocenters. The third-order valence-electron chi connectivity index (χ3n) is 6.80. The first-order valence-electron chi connectivity index (χ1n) is 12.6. The van der Waals surface area contributed by atoms with Gasteiger partial charge in [0, 0.05) is 13.0 Å². The average Bonchev–Trinajstić information content (AvgIpc) is 3.58. The van der Waals surface area contributed by atoms with Crippen LogP contribution >= 0.6 is 11.3 Å². The zero-order valence-corrected chi connectivity index (χ0v) is 22.6. The number of likely N-dealkylation sites (N-methyl/N-ethyl adjacent to an activating group) is 1. The van der Waals surface area contributed by atoms with Crippen molar-refractivity contribution in [2.75, 3.05) is 13.6 Å². The number of likely N-dealkylation sites (tertiary alicyclic amines) is 1. The number of carbonyl (C=O) groups is 4. The van der Waals surface area contributed by atoms with Gasteiger partial charge in [0.15, 0.2) is 0 Å². The van der Waals surface area contributed by atoms with Crippen molar-refractivity contribution in [1.82, 2.24) is 20.9 Å². The second-order valence-electron chi connectivity index (χ2n) is 9.81. The molecule has 2 heterocycles. The fourth-order valence-corrected chi connectivity index (χ4v) is 5.06. The molecule has 0 spiro atoms. The highest BCUT2D eigenvalue weighted by Gasteiger charge is 2.39. The molecule has 0 radical (unpaired) electrons. The Bertz CT molecular complexity index is 1090. The molecule has 1 aliphatic heterocycles. The fourth-order valence-electron chi connectivity index (χ4n) is 4.39. The predicted molar refractivity (Wildman–Crippen MR) is 145 cm³/mol. The van der Waals surface area contributed by atoms with E-state index in [4.69, 9.17) is 5.73 Å². The Morgan fingerprint density at radius 3 is 2.32 bits per heavy atom. The Hall–Kier alpha value is -3.24. The molecule has 0 aliphatic carbocycles. The van der Waals surface area contributed by atoms with Gasteiger partial charge in [0.2, 0.25) is 23.6 Å². The van der Waals surface area contributed by atoms with Crippen LogP contribution in [0, 0.1) is 5.92 Å². The third-order valence-corrected chi connectivity index (χ3v) is 7.49. The van der Waals surface area contributed by atoms with E-state index in [0.29, 0.717) is 19.4 Å². The summed E-state index contributed by atoms with van der Waals surface area (Å²) in [7, 11) is 1.67. The number of nitrogens with one attached hydrogen (secondary N) is 3. The highest BCUT2D eigenvalue weighted by atomic mass is 32.1. The SMILES string of the molecule is CN[C@@H](C)C(=O)N[C@H](C(=O)N1CCC[C@H]1C(=O)N[C@@H](Cc1ccc(-c2ccsc2)cc1)C(N)=O)C(C)C.